The molecule has 0 atom stereocenters. The number of carbonyl (C=O) groups is 4. The summed E-state index contributed by atoms with van der Waals surface area (Å²) >= 11 is 0. The molecule has 1 amide bonds. The van der Waals surface area contributed by atoms with Gasteiger partial charge in [0.15, 0.2) is 0 Å². The normalized spacial score (nSPS) is 11.1. The second-order valence-electron chi connectivity index (χ2n) is 10.9. The predicted molar refractivity (Wildman–Crippen MR) is 160 cm³/mol. The van der Waals surface area contributed by atoms with E-state index in [1.807, 2.05) is 0 Å². The summed E-state index contributed by atoms with van der Waals surface area (Å²) in [4.78, 5) is 59.5. The number of hydrogen-bond donors (Lipinski definition) is 4. The van der Waals surface area contributed by atoms with Gasteiger partial charge in [-0.3, -0.25) is 19.7 Å². The quantitative estimate of drug-likeness (QED) is 0.0891. The van der Waals surface area contributed by atoms with Crippen LogP contribution in [0.1, 0.15) is 68.5 Å². The molecule has 0 aliphatic carbocycles. The van der Waals surface area contributed by atoms with E-state index in [4.69, 9.17) is 19.6 Å². The van der Waals surface area contributed by atoms with Crippen molar-refractivity contribution >= 4 is 29.5 Å². The average Bonchev–Trinajstić information content (AvgIpc) is 2.97. The molecule has 4 N–H and O–H groups in total. The number of benzene rings is 3. The molecule has 44 heavy (non-hydrogen) atoms. The van der Waals surface area contributed by atoms with Crippen LogP contribution in [0.15, 0.2) is 54.6 Å². The van der Waals surface area contributed by atoms with Crippen LogP contribution in [-0.4, -0.2) is 54.4 Å². The standard InChI is InChI=1S/C32H36N2O10/c1-19-12-23(30(38)41-10-11-42-31(39)32(2,3)4)15-25(13-19)34-28(35)27-16-21(8-9-26(27)29(36)37)20-6-7-22(18-44-40)24(14-20)17-43-33-5/h6-9,12-16,33,40H,10-11,17-18H2,1-5H3,(H,34,35)(H,36,37). The van der Waals surface area contributed by atoms with E-state index in [0.29, 0.717) is 27.8 Å². The van der Waals surface area contributed by atoms with E-state index < -0.39 is 29.2 Å². The Balaban J connectivity index is 1.83. The third-order valence-corrected chi connectivity index (χ3v) is 6.36. The van der Waals surface area contributed by atoms with Crippen molar-refractivity contribution in [3.8, 4) is 11.1 Å². The number of carboxylic acid groups (broad SMARTS) is 1. The fourth-order valence-electron chi connectivity index (χ4n) is 4.14. The molecule has 0 aromatic heterocycles. The maximum atomic E-state index is 13.4. The number of amides is 1. The Kier molecular flexibility index (Phi) is 11.7. The second-order valence-corrected chi connectivity index (χ2v) is 10.9. The monoisotopic (exact) mass is 608 g/mol. The minimum atomic E-state index is -1.29. The number of carboxylic acids is 1. The van der Waals surface area contributed by atoms with E-state index in [9.17, 15) is 24.3 Å². The molecule has 0 spiro atoms. The van der Waals surface area contributed by atoms with Gasteiger partial charge in [-0.15, -0.1) is 0 Å². The molecular weight excluding hydrogens is 572 g/mol. The van der Waals surface area contributed by atoms with Gasteiger partial charge in [-0.25, -0.2) is 20.0 Å². The van der Waals surface area contributed by atoms with Gasteiger partial charge >= 0.3 is 17.9 Å². The molecule has 3 rings (SSSR count). The van der Waals surface area contributed by atoms with Crippen molar-refractivity contribution < 1.29 is 48.7 Å². The SMILES string of the molecule is CNOCc1cc(-c2ccc(C(=O)O)c(C(=O)Nc3cc(C)cc(C(=O)OCCOC(=O)C(C)(C)C)c3)c2)ccc1COO. The lowest BCUT2D eigenvalue weighted by atomic mass is 9.95. The molecule has 12 nitrogen and oxygen atoms in total. The maximum absolute atomic E-state index is 13.4. The first-order chi connectivity index (χ1) is 20.8. The van der Waals surface area contributed by atoms with Crippen LogP contribution in [0, 0.1) is 12.3 Å². The zero-order valence-electron chi connectivity index (χ0n) is 25.2. The van der Waals surface area contributed by atoms with Crippen molar-refractivity contribution in [3.63, 3.8) is 0 Å². The van der Waals surface area contributed by atoms with E-state index in [-0.39, 0.29) is 48.8 Å². The lowest BCUT2D eigenvalue weighted by molar-refractivity contribution is -0.253. The summed E-state index contributed by atoms with van der Waals surface area (Å²) in [7, 11) is 1.61. The van der Waals surface area contributed by atoms with Crippen molar-refractivity contribution in [2.75, 3.05) is 25.6 Å². The molecule has 234 valence electrons. The Morgan fingerprint density at radius 1 is 0.818 bits per heavy atom. The first-order valence-corrected chi connectivity index (χ1v) is 13.7. The topological polar surface area (TPSA) is 170 Å². The zero-order valence-corrected chi connectivity index (χ0v) is 25.2. The number of aromatic carboxylic acids is 1. The predicted octanol–water partition coefficient (Wildman–Crippen LogP) is 5.00. The van der Waals surface area contributed by atoms with Crippen molar-refractivity contribution in [1.29, 1.82) is 0 Å². The first kappa shape index (κ1) is 33.9. The molecule has 0 aliphatic rings. The van der Waals surface area contributed by atoms with Crippen molar-refractivity contribution in [2.24, 2.45) is 5.41 Å². The molecule has 3 aromatic carbocycles. The molecule has 0 aliphatic heterocycles. The summed E-state index contributed by atoms with van der Waals surface area (Å²) < 4.78 is 10.3. The molecule has 0 radical (unpaired) electrons. The van der Waals surface area contributed by atoms with Crippen LogP contribution < -0.4 is 10.8 Å². The molecule has 0 saturated heterocycles. The van der Waals surface area contributed by atoms with Crippen LogP contribution in [0.25, 0.3) is 11.1 Å². The number of ether oxygens (including phenoxy) is 2. The Labute approximate surface area is 254 Å². The van der Waals surface area contributed by atoms with Gasteiger partial charge in [-0.05, 0) is 91.9 Å². The summed E-state index contributed by atoms with van der Waals surface area (Å²) in [6, 6.07) is 14.3. The lowest BCUT2D eigenvalue weighted by Crippen LogP contribution is -2.25. The highest BCUT2D eigenvalue weighted by Gasteiger charge is 2.23. The zero-order chi connectivity index (χ0) is 32.4. The average molecular weight is 609 g/mol. The molecule has 3 aromatic rings. The summed E-state index contributed by atoms with van der Waals surface area (Å²) in [6.07, 6.45) is 0. The van der Waals surface area contributed by atoms with Crippen molar-refractivity contribution in [3.05, 3.63) is 88.0 Å². The highest BCUT2D eigenvalue weighted by molar-refractivity contribution is 6.11. The molecule has 0 fully saturated rings. The van der Waals surface area contributed by atoms with Crippen LogP contribution in [-0.2, 0) is 37.2 Å². The number of hydrogen-bond acceptors (Lipinski definition) is 10. The maximum Gasteiger partial charge on any atom is 0.338 e. The van der Waals surface area contributed by atoms with Crippen LogP contribution in [0.3, 0.4) is 0 Å². The lowest BCUT2D eigenvalue weighted by Gasteiger charge is -2.16. The summed E-state index contributed by atoms with van der Waals surface area (Å²) in [6.45, 7) is 6.70. The smallest absolute Gasteiger partial charge is 0.338 e. The molecule has 12 heteroatoms. The highest BCUT2D eigenvalue weighted by atomic mass is 17.1. The number of rotatable bonds is 13. The second kappa shape index (κ2) is 15.2. The Morgan fingerprint density at radius 2 is 1.50 bits per heavy atom. The summed E-state index contributed by atoms with van der Waals surface area (Å²) in [5.41, 5.74) is 5.23. The van der Waals surface area contributed by atoms with Gasteiger partial charge in [-0.2, -0.15) is 0 Å². The molecule has 0 bridgehead atoms. The number of esters is 2. The fraction of sp³-hybridized carbons (Fsp3) is 0.312. The Hall–Kier alpha value is -4.62. The van der Waals surface area contributed by atoms with Crippen LogP contribution in [0.4, 0.5) is 5.69 Å². The van der Waals surface area contributed by atoms with Crippen LogP contribution >= 0.6 is 0 Å². The number of carbonyl (C=O) groups excluding carboxylic acids is 3. The fourth-order valence-corrected chi connectivity index (χ4v) is 4.14. The minimum Gasteiger partial charge on any atom is -0.478 e. The van der Waals surface area contributed by atoms with Gasteiger partial charge in [0.1, 0.15) is 19.8 Å². The third-order valence-electron chi connectivity index (χ3n) is 6.36. The largest absolute Gasteiger partial charge is 0.478 e. The first-order valence-electron chi connectivity index (χ1n) is 13.7. The van der Waals surface area contributed by atoms with E-state index >= 15 is 0 Å². The number of hydroxylamine groups is 1. The van der Waals surface area contributed by atoms with Gasteiger partial charge in [0.2, 0.25) is 0 Å². The summed E-state index contributed by atoms with van der Waals surface area (Å²) in [5, 5.41) is 21.4. The van der Waals surface area contributed by atoms with Crippen LogP contribution in [0.2, 0.25) is 0 Å². The van der Waals surface area contributed by atoms with Gasteiger partial charge in [0.05, 0.1) is 28.7 Å². The Morgan fingerprint density at radius 3 is 2.16 bits per heavy atom. The van der Waals surface area contributed by atoms with E-state index in [1.54, 1.807) is 71.1 Å². The van der Waals surface area contributed by atoms with Gasteiger partial charge in [-0.1, -0.05) is 18.2 Å². The van der Waals surface area contributed by atoms with Crippen molar-refractivity contribution in [1.82, 2.24) is 5.48 Å². The van der Waals surface area contributed by atoms with E-state index in [0.717, 1.165) is 0 Å². The molecular formula is C32H36N2O10. The van der Waals surface area contributed by atoms with E-state index in [2.05, 4.69) is 15.7 Å². The number of anilines is 1. The molecule has 0 heterocycles. The van der Waals surface area contributed by atoms with Gasteiger partial charge in [0, 0.05) is 12.7 Å². The van der Waals surface area contributed by atoms with Gasteiger partial charge < -0.3 is 19.9 Å². The number of aryl methyl sites for hydroxylation is 1. The van der Waals surface area contributed by atoms with Crippen molar-refractivity contribution in [2.45, 2.75) is 40.9 Å². The molecule has 0 unspecified atom stereocenters. The van der Waals surface area contributed by atoms with E-state index in [1.165, 1.54) is 18.2 Å². The van der Waals surface area contributed by atoms with Gasteiger partial charge in [0.25, 0.3) is 5.91 Å². The summed E-state index contributed by atoms with van der Waals surface area (Å²) in [5.74, 6) is -3.10. The highest BCUT2D eigenvalue weighted by Crippen LogP contribution is 2.27. The number of nitrogens with one attached hydrogen (secondary N) is 2. The Bertz CT molecular complexity index is 1530. The minimum absolute atomic E-state index is 0.0645. The van der Waals surface area contributed by atoms with Crippen LogP contribution in [0.5, 0.6) is 0 Å². The third kappa shape index (κ3) is 9.19. The molecule has 0 saturated carbocycles.